The molecule has 4 nitrogen and oxygen atoms in total. The number of allylic oxidation sites excluding steroid dienone is 1. The number of benzene rings is 1. The summed E-state index contributed by atoms with van der Waals surface area (Å²) in [6.45, 7) is 9.10. The van der Waals surface area contributed by atoms with Crippen molar-refractivity contribution in [3.8, 4) is 5.69 Å². The van der Waals surface area contributed by atoms with Gasteiger partial charge in [0.2, 0.25) is 0 Å². The number of para-hydroxylation sites is 1. The van der Waals surface area contributed by atoms with Gasteiger partial charge in [0.15, 0.2) is 0 Å². The molecule has 0 radical (unpaired) electrons. The molecule has 2 aromatic rings. The van der Waals surface area contributed by atoms with Crippen molar-refractivity contribution in [1.29, 1.82) is 0 Å². The molecule has 21 heavy (non-hydrogen) atoms. The van der Waals surface area contributed by atoms with Crippen LogP contribution in [0.25, 0.3) is 5.69 Å². The van der Waals surface area contributed by atoms with Crippen molar-refractivity contribution in [1.82, 2.24) is 9.55 Å². The van der Waals surface area contributed by atoms with Gasteiger partial charge in [-0.05, 0) is 19.1 Å². The van der Waals surface area contributed by atoms with Crippen LogP contribution in [0, 0.1) is 0 Å². The monoisotopic (exact) mass is 282 g/mol. The van der Waals surface area contributed by atoms with E-state index in [1.54, 1.807) is 19.2 Å². The third kappa shape index (κ3) is 3.48. The number of ether oxygens (including phenoxy) is 1. The summed E-state index contributed by atoms with van der Waals surface area (Å²) in [7, 11) is 0. The Morgan fingerprint density at radius 3 is 2.71 bits per heavy atom. The lowest BCUT2D eigenvalue weighted by atomic mass is 10.3. The van der Waals surface area contributed by atoms with Crippen molar-refractivity contribution >= 4 is 5.97 Å². The maximum Gasteiger partial charge on any atom is 0.333 e. The Morgan fingerprint density at radius 1 is 1.38 bits per heavy atom. The molecule has 0 aliphatic carbocycles. The van der Waals surface area contributed by atoms with Crippen LogP contribution in [0.4, 0.5) is 0 Å². The van der Waals surface area contributed by atoms with Crippen molar-refractivity contribution in [3.05, 3.63) is 72.9 Å². The fourth-order valence-corrected chi connectivity index (χ4v) is 1.96. The molecular weight excluding hydrogens is 264 g/mol. The van der Waals surface area contributed by atoms with Crippen molar-refractivity contribution in [2.75, 3.05) is 0 Å². The minimum Gasteiger partial charge on any atom is -0.456 e. The second kappa shape index (κ2) is 6.70. The highest BCUT2D eigenvalue weighted by Crippen LogP contribution is 2.17. The summed E-state index contributed by atoms with van der Waals surface area (Å²) in [5.41, 5.74) is 2.17. The first-order valence-corrected chi connectivity index (χ1v) is 6.68. The van der Waals surface area contributed by atoms with E-state index in [-0.39, 0.29) is 6.61 Å². The van der Waals surface area contributed by atoms with E-state index in [0.717, 1.165) is 17.2 Å². The molecule has 1 heterocycles. The maximum atomic E-state index is 11.5. The molecule has 0 N–H and O–H groups in total. The predicted octanol–water partition coefficient (Wildman–Crippen LogP) is 3.22. The first-order valence-electron chi connectivity index (χ1n) is 6.68. The smallest absolute Gasteiger partial charge is 0.333 e. The molecule has 0 spiro atoms. The zero-order valence-electron chi connectivity index (χ0n) is 12.1. The largest absolute Gasteiger partial charge is 0.456 e. The molecule has 0 bridgehead atoms. The average molecular weight is 282 g/mol. The predicted molar refractivity (Wildman–Crippen MR) is 82.1 cm³/mol. The third-order valence-corrected chi connectivity index (χ3v) is 2.95. The Hall–Kier alpha value is -2.62. The molecule has 0 unspecified atom stereocenters. The molecule has 0 aliphatic rings. The summed E-state index contributed by atoms with van der Waals surface area (Å²) in [5, 5.41) is 0. The standard InChI is InChI=1S/C17H18N2O2/c1-4-8-16-18-11-15(12-21-17(20)13(2)3)19(16)14-9-6-5-7-10-14/h4-7,9-11H,1-2,8,12H2,3H3. The number of nitrogens with zero attached hydrogens (tertiary/aromatic N) is 2. The Labute approximate surface area is 124 Å². The summed E-state index contributed by atoms with van der Waals surface area (Å²) in [4.78, 5) is 15.9. The Balaban J connectivity index is 2.31. The number of rotatable bonds is 6. The number of hydrogen-bond acceptors (Lipinski definition) is 3. The van der Waals surface area contributed by atoms with Gasteiger partial charge in [-0.1, -0.05) is 30.9 Å². The molecule has 2 rings (SSSR count). The molecule has 1 aromatic heterocycles. The van der Waals surface area contributed by atoms with Crippen LogP contribution in [0.3, 0.4) is 0 Å². The molecule has 0 amide bonds. The zero-order chi connectivity index (χ0) is 15.2. The lowest BCUT2D eigenvalue weighted by Gasteiger charge is -2.11. The van der Waals surface area contributed by atoms with Gasteiger partial charge in [-0.3, -0.25) is 4.57 Å². The van der Waals surface area contributed by atoms with Gasteiger partial charge in [0, 0.05) is 17.7 Å². The van der Waals surface area contributed by atoms with E-state index in [9.17, 15) is 4.79 Å². The van der Waals surface area contributed by atoms with E-state index < -0.39 is 5.97 Å². The van der Waals surface area contributed by atoms with E-state index >= 15 is 0 Å². The molecule has 0 atom stereocenters. The average Bonchev–Trinajstić information content (AvgIpc) is 2.88. The highest BCUT2D eigenvalue weighted by molar-refractivity contribution is 5.86. The second-order valence-corrected chi connectivity index (χ2v) is 4.69. The van der Waals surface area contributed by atoms with Gasteiger partial charge in [0.1, 0.15) is 12.4 Å². The summed E-state index contributed by atoms with van der Waals surface area (Å²) < 4.78 is 7.20. The SMILES string of the molecule is C=CCc1ncc(COC(=O)C(=C)C)n1-c1ccccc1. The Kier molecular flexibility index (Phi) is 4.72. The maximum absolute atomic E-state index is 11.5. The van der Waals surface area contributed by atoms with Gasteiger partial charge < -0.3 is 4.74 Å². The van der Waals surface area contributed by atoms with E-state index in [0.29, 0.717) is 12.0 Å². The lowest BCUT2D eigenvalue weighted by Crippen LogP contribution is -2.09. The molecule has 0 fully saturated rings. The van der Waals surface area contributed by atoms with Gasteiger partial charge in [-0.2, -0.15) is 0 Å². The molecule has 1 aromatic carbocycles. The topological polar surface area (TPSA) is 44.1 Å². The van der Waals surface area contributed by atoms with Crippen molar-refractivity contribution in [2.24, 2.45) is 0 Å². The molecule has 0 saturated heterocycles. The molecule has 0 saturated carbocycles. The second-order valence-electron chi connectivity index (χ2n) is 4.69. The number of hydrogen-bond donors (Lipinski definition) is 0. The normalized spacial score (nSPS) is 10.1. The van der Waals surface area contributed by atoms with Crippen LogP contribution >= 0.6 is 0 Å². The van der Waals surface area contributed by atoms with Crippen molar-refractivity contribution in [3.63, 3.8) is 0 Å². The van der Waals surface area contributed by atoms with E-state index in [4.69, 9.17) is 4.74 Å². The first kappa shape index (κ1) is 14.8. The van der Waals surface area contributed by atoms with E-state index in [2.05, 4.69) is 18.1 Å². The zero-order valence-corrected chi connectivity index (χ0v) is 12.1. The Morgan fingerprint density at radius 2 is 2.10 bits per heavy atom. The van der Waals surface area contributed by atoms with Gasteiger partial charge in [-0.15, -0.1) is 6.58 Å². The molecule has 4 heteroatoms. The summed E-state index contributed by atoms with van der Waals surface area (Å²) in [6, 6.07) is 9.83. The Bertz CT molecular complexity index is 657. The summed E-state index contributed by atoms with van der Waals surface area (Å²) in [5.74, 6) is 0.457. The van der Waals surface area contributed by atoms with Crippen LogP contribution in [0.5, 0.6) is 0 Å². The highest BCUT2D eigenvalue weighted by atomic mass is 16.5. The van der Waals surface area contributed by atoms with Crippen LogP contribution in [-0.2, 0) is 22.6 Å². The molecule has 108 valence electrons. The van der Waals surface area contributed by atoms with Crippen LogP contribution in [0.1, 0.15) is 18.4 Å². The molecular formula is C17H18N2O2. The lowest BCUT2D eigenvalue weighted by molar-refractivity contribution is -0.140. The first-order chi connectivity index (χ1) is 10.1. The fraction of sp³-hybridized carbons (Fsp3) is 0.176. The minimum absolute atomic E-state index is 0.157. The third-order valence-electron chi connectivity index (χ3n) is 2.95. The van der Waals surface area contributed by atoms with Crippen molar-refractivity contribution < 1.29 is 9.53 Å². The quantitative estimate of drug-likeness (QED) is 0.464. The van der Waals surface area contributed by atoms with Crippen LogP contribution in [0.15, 0.2) is 61.3 Å². The minimum atomic E-state index is -0.402. The van der Waals surface area contributed by atoms with Gasteiger partial charge in [0.25, 0.3) is 0 Å². The summed E-state index contributed by atoms with van der Waals surface area (Å²) in [6.07, 6.45) is 4.16. The van der Waals surface area contributed by atoms with Gasteiger partial charge >= 0.3 is 5.97 Å². The van der Waals surface area contributed by atoms with Crippen LogP contribution in [-0.4, -0.2) is 15.5 Å². The van der Waals surface area contributed by atoms with Crippen LogP contribution in [0.2, 0.25) is 0 Å². The highest BCUT2D eigenvalue weighted by Gasteiger charge is 2.13. The van der Waals surface area contributed by atoms with E-state index in [1.807, 2.05) is 34.9 Å². The number of esters is 1. The number of imidazole rings is 1. The number of carbonyl (C=O) groups excluding carboxylic acids is 1. The van der Waals surface area contributed by atoms with Gasteiger partial charge in [0.05, 0.1) is 11.9 Å². The van der Waals surface area contributed by atoms with Crippen LogP contribution < -0.4 is 0 Å². The van der Waals surface area contributed by atoms with E-state index in [1.165, 1.54) is 0 Å². The van der Waals surface area contributed by atoms with Crippen molar-refractivity contribution in [2.45, 2.75) is 20.0 Å². The molecule has 0 aliphatic heterocycles. The summed E-state index contributed by atoms with van der Waals surface area (Å²) >= 11 is 0. The number of aromatic nitrogens is 2. The number of carbonyl (C=O) groups is 1. The fourth-order valence-electron chi connectivity index (χ4n) is 1.96. The van der Waals surface area contributed by atoms with Gasteiger partial charge in [-0.25, -0.2) is 9.78 Å².